The predicted molar refractivity (Wildman–Crippen MR) is 185 cm³/mol. The molecule has 0 saturated carbocycles. The van der Waals surface area contributed by atoms with E-state index >= 15 is 0 Å². The maximum absolute atomic E-state index is 13.1. The Morgan fingerprint density at radius 3 is 1.76 bits per heavy atom. The smallest absolute Gasteiger partial charge is 0.325 e. The van der Waals surface area contributed by atoms with E-state index in [0.717, 1.165) is 5.49 Å². The summed E-state index contributed by atoms with van der Waals surface area (Å²) in [6, 6.07) is 29.5. The van der Waals surface area contributed by atoms with E-state index in [1.54, 1.807) is 24.6 Å². The number of benzene rings is 3. The van der Waals surface area contributed by atoms with Gasteiger partial charge >= 0.3 is 11.9 Å². The first-order valence-electron chi connectivity index (χ1n) is 14.8. The first kappa shape index (κ1) is 39.3. The summed E-state index contributed by atoms with van der Waals surface area (Å²) in [7, 11) is 1.02. The summed E-state index contributed by atoms with van der Waals surface area (Å²) in [4.78, 5) is 49.7. The standard InChI is InChI=1S/C33H40N3O6PS2.BrH/c1-3-41-31(38)22-35-32(39)29(36-30(37)21-20-28(34)33(40)42-4-2)23-44-45-24-43(25-14-8-5-9-15-25,26-16-10-6-11-17-26)27-18-12-7-13-19-27;/h5-19,28-29H,3-4,20-24,34H2,1-2H3,(H-,35,36,37,39);1H. The van der Waals surface area contributed by atoms with Crippen LogP contribution in [0.2, 0.25) is 0 Å². The van der Waals surface area contributed by atoms with Crippen LogP contribution in [0.1, 0.15) is 26.7 Å². The molecular formula is C33H41BrN3O6PS2. The molecule has 0 aliphatic heterocycles. The van der Waals surface area contributed by atoms with Crippen molar-refractivity contribution in [2.45, 2.75) is 38.8 Å². The van der Waals surface area contributed by atoms with Gasteiger partial charge in [-0.25, -0.2) is 0 Å². The lowest BCUT2D eigenvalue weighted by atomic mass is 10.1. The number of rotatable bonds is 18. The third-order valence-corrected chi connectivity index (χ3v) is 14.8. The molecule has 2 unspecified atom stereocenters. The van der Waals surface area contributed by atoms with Crippen LogP contribution in [0.25, 0.3) is 0 Å². The van der Waals surface area contributed by atoms with Crippen molar-refractivity contribution >= 4 is 68.5 Å². The number of carbonyl (C=O) groups is 4. The van der Waals surface area contributed by atoms with Gasteiger partial charge in [-0.1, -0.05) is 76.2 Å². The van der Waals surface area contributed by atoms with E-state index in [2.05, 4.69) is 83.4 Å². The maximum atomic E-state index is 13.1. The molecule has 3 rings (SSSR count). The van der Waals surface area contributed by atoms with E-state index in [-0.39, 0.29) is 55.3 Å². The Morgan fingerprint density at radius 1 is 0.783 bits per heavy atom. The van der Waals surface area contributed by atoms with Crippen molar-refractivity contribution in [3.05, 3.63) is 91.0 Å². The molecule has 4 N–H and O–H groups in total. The summed E-state index contributed by atoms with van der Waals surface area (Å²) >= 11 is 0. The highest BCUT2D eigenvalue weighted by Gasteiger charge is 2.45. The highest BCUT2D eigenvalue weighted by atomic mass is 79.9. The number of ether oxygens (including phenoxy) is 2. The molecule has 0 aliphatic carbocycles. The highest BCUT2D eigenvalue weighted by Crippen LogP contribution is 2.59. The minimum Gasteiger partial charge on any atom is -1.00 e. The van der Waals surface area contributed by atoms with Crippen molar-refractivity contribution in [2.24, 2.45) is 5.73 Å². The van der Waals surface area contributed by atoms with Gasteiger partial charge in [-0.05, 0) is 56.7 Å². The number of halogens is 1. The fraction of sp³-hybridized carbons (Fsp3) is 0.333. The second-order valence-corrected chi connectivity index (χ2v) is 16.3. The van der Waals surface area contributed by atoms with Crippen molar-refractivity contribution in [1.82, 2.24) is 10.6 Å². The number of hydrogen-bond donors (Lipinski definition) is 3. The van der Waals surface area contributed by atoms with E-state index in [4.69, 9.17) is 15.2 Å². The number of nitrogens with one attached hydrogen (secondary N) is 2. The Labute approximate surface area is 290 Å². The van der Waals surface area contributed by atoms with Crippen LogP contribution in [0.4, 0.5) is 0 Å². The Balaban J connectivity index is 0.00000736. The fourth-order valence-electron chi connectivity index (χ4n) is 4.55. The molecule has 13 heteroatoms. The zero-order valence-electron chi connectivity index (χ0n) is 25.9. The molecule has 0 fully saturated rings. The third-order valence-electron chi connectivity index (χ3n) is 6.79. The van der Waals surface area contributed by atoms with Gasteiger partial charge in [0.2, 0.25) is 11.8 Å². The van der Waals surface area contributed by atoms with Crippen LogP contribution in [0.15, 0.2) is 91.0 Å². The Morgan fingerprint density at radius 2 is 1.28 bits per heavy atom. The van der Waals surface area contributed by atoms with E-state index in [1.807, 2.05) is 18.2 Å². The number of esters is 2. The number of carbonyl (C=O) groups excluding carboxylic acids is 4. The van der Waals surface area contributed by atoms with E-state index in [9.17, 15) is 19.2 Å². The van der Waals surface area contributed by atoms with E-state index in [1.165, 1.54) is 26.7 Å². The van der Waals surface area contributed by atoms with Gasteiger partial charge in [-0.2, -0.15) is 0 Å². The summed E-state index contributed by atoms with van der Waals surface area (Å²) in [5.41, 5.74) is 6.59. The Hall–Kier alpha value is -2.89. The second kappa shape index (κ2) is 21.1. The summed E-state index contributed by atoms with van der Waals surface area (Å²) in [6.45, 7) is 3.43. The van der Waals surface area contributed by atoms with Gasteiger partial charge in [0, 0.05) is 12.2 Å². The van der Waals surface area contributed by atoms with Crippen LogP contribution in [0.5, 0.6) is 0 Å². The number of amides is 2. The molecule has 0 spiro atoms. The summed E-state index contributed by atoms with van der Waals surface area (Å²) in [5.74, 6) is -1.84. The van der Waals surface area contributed by atoms with Gasteiger partial charge in [0.15, 0.2) is 0 Å². The quantitative estimate of drug-likeness (QED) is 0.0720. The largest absolute Gasteiger partial charge is 1.00 e. The first-order chi connectivity index (χ1) is 21.8. The minimum absolute atomic E-state index is 0. The second-order valence-electron chi connectivity index (χ2n) is 9.89. The molecule has 2 amide bonds. The molecule has 2 atom stereocenters. The van der Waals surface area contributed by atoms with Crippen LogP contribution in [-0.4, -0.2) is 66.8 Å². The van der Waals surface area contributed by atoms with Gasteiger partial charge in [-0.15, -0.1) is 0 Å². The van der Waals surface area contributed by atoms with E-state index < -0.39 is 43.1 Å². The molecule has 0 radical (unpaired) electrons. The van der Waals surface area contributed by atoms with Gasteiger partial charge in [0.25, 0.3) is 0 Å². The molecule has 0 bridgehead atoms. The van der Waals surface area contributed by atoms with Gasteiger partial charge in [0.05, 0.1) is 13.2 Å². The van der Waals surface area contributed by atoms with Gasteiger partial charge in [0.1, 0.15) is 47.3 Å². The topological polar surface area (TPSA) is 137 Å². The van der Waals surface area contributed by atoms with Crippen molar-refractivity contribution in [2.75, 3.05) is 31.0 Å². The molecule has 3 aromatic rings. The van der Waals surface area contributed by atoms with Crippen LogP contribution < -0.4 is 49.3 Å². The lowest BCUT2D eigenvalue weighted by molar-refractivity contribution is -0.145. The van der Waals surface area contributed by atoms with Crippen LogP contribution in [-0.2, 0) is 28.7 Å². The van der Waals surface area contributed by atoms with Crippen LogP contribution in [0, 0.1) is 0 Å². The highest BCUT2D eigenvalue weighted by molar-refractivity contribution is 8.77. The Bertz CT molecular complexity index is 1280. The molecule has 3 aromatic carbocycles. The zero-order chi connectivity index (χ0) is 32.5. The SMILES string of the molecule is CCOC(=O)CNC(=O)C(CSSC[P+](c1ccccc1)(c1ccccc1)c1ccccc1)NC(=O)CCC(N)C(=O)OCC.[Br-]. The lowest BCUT2D eigenvalue weighted by Crippen LogP contribution is -3.00. The molecule has 0 saturated heterocycles. The van der Waals surface area contributed by atoms with Crippen molar-refractivity contribution < 1.29 is 45.6 Å². The average molecular weight is 751 g/mol. The first-order valence-corrected chi connectivity index (χ1v) is 19.2. The van der Waals surface area contributed by atoms with Gasteiger partial charge < -0.3 is 42.8 Å². The van der Waals surface area contributed by atoms with Crippen molar-refractivity contribution in [1.29, 1.82) is 0 Å². The van der Waals surface area contributed by atoms with E-state index in [0.29, 0.717) is 0 Å². The number of nitrogens with two attached hydrogens (primary N) is 1. The Kier molecular flexibility index (Phi) is 18.0. The molecule has 0 aliphatic rings. The lowest BCUT2D eigenvalue weighted by Gasteiger charge is -2.27. The summed E-state index contributed by atoms with van der Waals surface area (Å²) < 4.78 is 9.83. The normalized spacial score (nSPS) is 12.2. The zero-order valence-corrected chi connectivity index (χ0v) is 30.0. The monoisotopic (exact) mass is 749 g/mol. The minimum atomic E-state index is -2.10. The third kappa shape index (κ3) is 11.7. The molecule has 0 heterocycles. The average Bonchev–Trinajstić information content (AvgIpc) is 3.07. The molecule has 9 nitrogen and oxygen atoms in total. The summed E-state index contributed by atoms with van der Waals surface area (Å²) in [6.07, 6.45) is 0.00601. The van der Waals surface area contributed by atoms with Crippen molar-refractivity contribution in [3.63, 3.8) is 0 Å². The van der Waals surface area contributed by atoms with Crippen molar-refractivity contribution in [3.8, 4) is 0 Å². The van der Waals surface area contributed by atoms with Crippen LogP contribution in [0.3, 0.4) is 0 Å². The molecular weight excluding hydrogens is 709 g/mol. The number of hydrogen-bond acceptors (Lipinski definition) is 9. The maximum Gasteiger partial charge on any atom is 0.325 e. The summed E-state index contributed by atoms with van der Waals surface area (Å²) in [5, 5.41) is 9.04. The molecule has 0 aromatic heterocycles. The molecule has 46 heavy (non-hydrogen) atoms. The predicted octanol–water partition coefficient (Wildman–Crippen LogP) is 0.158. The molecule has 248 valence electrons. The fourth-order valence-corrected chi connectivity index (χ4v) is 13.5. The van der Waals surface area contributed by atoms with Gasteiger partial charge in [-0.3, -0.25) is 19.2 Å². The van der Waals surface area contributed by atoms with Crippen LogP contribution >= 0.6 is 28.9 Å².